The Labute approximate surface area is 161 Å². The topological polar surface area (TPSA) is 97.9 Å². The number of hydrogen-bond donors (Lipinski definition) is 2. The molecule has 8 nitrogen and oxygen atoms in total. The van der Waals surface area contributed by atoms with Crippen LogP contribution in [0.5, 0.6) is 0 Å². The fraction of sp³-hybridized carbons (Fsp3) is 0.333. The first kappa shape index (κ1) is 19.0. The van der Waals surface area contributed by atoms with Gasteiger partial charge in [-0.15, -0.1) is 10.2 Å². The van der Waals surface area contributed by atoms with Gasteiger partial charge in [0.05, 0.1) is 12.3 Å². The minimum atomic E-state index is -0.168. The quantitative estimate of drug-likeness (QED) is 0.574. The van der Waals surface area contributed by atoms with Crippen LogP contribution in [0.1, 0.15) is 24.1 Å². The van der Waals surface area contributed by atoms with E-state index in [1.165, 1.54) is 17.3 Å². The van der Waals surface area contributed by atoms with E-state index in [9.17, 15) is 4.79 Å². The summed E-state index contributed by atoms with van der Waals surface area (Å²) in [4.78, 5) is 12.1. The van der Waals surface area contributed by atoms with Crippen LogP contribution in [-0.2, 0) is 17.9 Å². The summed E-state index contributed by atoms with van der Waals surface area (Å²) >= 11 is 1.34. The van der Waals surface area contributed by atoms with Gasteiger partial charge in [-0.1, -0.05) is 34.6 Å². The molecule has 1 amide bonds. The Morgan fingerprint density at radius 3 is 2.67 bits per heavy atom. The summed E-state index contributed by atoms with van der Waals surface area (Å²) in [5.74, 6) is 1.94. The molecule has 3 aromatic rings. The molecule has 0 fully saturated rings. The first-order valence-corrected chi connectivity index (χ1v) is 9.62. The molecule has 0 aliphatic carbocycles. The van der Waals surface area contributed by atoms with Crippen molar-refractivity contribution < 1.29 is 9.32 Å². The molecule has 0 saturated heterocycles. The molecular formula is C18H22N6O2S. The fourth-order valence-electron chi connectivity index (χ4n) is 2.46. The second-order valence-corrected chi connectivity index (χ2v) is 6.96. The molecule has 0 unspecified atom stereocenters. The lowest BCUT2D eigenvalue weighted by Gasteiger charge is -2.09. The minimum Gasteiger partial charge on any atom is -0.378 e. The number of aryl methyl sites for hydroxylation is 2. The Balaban J connectivity index is 1.56. The highest BCUT2D eigenvalue weighted by molar-refractivity contribution is 7.99. The van der Waals surface area contributed by atoms with Crippen LogP contribution in [0, 0.1) is 13.8 Å². The lowest BCUT2D eigenvalue weighted by molar-refractivity contribution is -0.113. The zero-order valence-corrected chi connectivity index (χ0v) is 16.3. The summed E-state index contributed by atoms with van der Waals surface area (Å²) in [5, 5.41) is 19.0. The average Bonchev–Trinajstić information content (AvgIpc) is 3.24. The van der Waals surface area contributed by atoms with Crippen LogP contribution in [0.3, 0.4) is 0 Å². The Morgan fingerprint density at radius 2 is 2.00 bits per heavy atom. The van der Waals surface area contributed by atoms with Gasteiger partial charge in [0, 0.05) is 18.3 Å². The predicted octanol–water partition coefficient (Wildman–Crippen LogP) is 3.25. The highest BCUT2D eigenvalue weighted by Crippen LogP contribution is 2.19. The van der Waals surface area contributed by atoms with Crippen LogP contribution >= 0.6 is 11.8 Å². The van der Waals surface area contributed by atoms with Crippen molar-refractivity contribution in [2.45, 2.75) is 39.0 Å². The van der Waals surface area contributed by atoms with E-state index in [2.05, 4.69) is 45.0 Å². The van der Waals surface area contributed by atoms with Gasteiger partial charge in [0.2, 0.25) is 5.91 Å². The van der Waals surface area contributed by atoms with Crippen molar-refractivity contribution in [1.29, 1.82) is 0 Å². The third-order valence-electron chi connectivity index (χ3n) is 3.84. The van der Waals surface area contributed by atoms with Crippen molar-refractivity contribution in [3.8, 4) is 0 Å². The summed E-state index contributed by atoms with van der Waals surface area (Å²) in [7, 11) is 0. The third kappa shape index (κ3) is 5.10. The number of hydrogen-bond acceptors (Lipinski definition) is 7. The van der Waals surface area contributed by atoms with Gasteiger partial charge in [0.15, 0.2) is 16.8 Å². The van der Waals surface area contributed by atoms with Crippen molar-refractivity contribution >= 4 is 29.2 Å². The molecule has 0 bridgehead atoms. The minimum absolute atomic E-state index is 0.168. The highest BCUT2D eigenvalue weighted by atomic mass is 32.2. The molecule has 0 saturated carbocycles. The predicted molar refractivity (Wildman–Crippen MR) is 105 cm³/mol. The zero-order chi connectivity index (χ0) is 19.2. The van der Waals surface area contributed by atoms with Crippen LogP contribution in [0.25, 0.3) is 0 Å². The number of thioether (sulfide) groups is 1. The number of aromatic nitrogens is 4. The number of amides is 1. The smallest absolute Gasteiger partial charge is 0.236 e. The Kier molecular flexibility index (Phi) is 6.12. The summed E-state index contributed by atoms with van der Waals surface area (Å²) in [5.41, 5.74) is 2.25. The Bertz CT molecular complexity index is 903. The Morgan fingerprint density at radius 1 is 1.22 bits per heavy atom. The number of benzene rings is 1. The summed E-state index contributed by atoms with van der Waals surface area (Å²) in [6.45, 7) is 7.15. The molecule has 2 N–H and O–H groups in total. The lowest BCUT2D eigenvalue weighted by atomic mass is 10.2. The van der Waals surface area contributed by atoms with Crippen LogP contribution in [0.4, 0.5) is 11.5 Å². The largest absolute Gasteiger partial charge is 0.378 e. The van der Waals surface area contributed by atoms with E-state index in [-0.39, 0.29) is 11.7 Å². The van der Waals surface area contributed by atoms with Gasteiger partial charge in [0.25, 0.3) is 0 Å². The van der Waals surface area contributed by atoms with Gasteiger partial charge in [-0.2, -0.15) is 0 Å². The van der Waals surface area contributed by atoms with Gasteiger partial charge >= 0.3 is 0 Å². The molecule has 27 heavy (non-hydrogen) atoms. The molecule has 0 atom stereocenters. The SMILES string of the molecule is CCn1c(CNc2ccc(C)cc2)nnc1SCC(=O)Nc1cc(C)on1. The van der Waals surface area contributed by atoms with E-state index in [4.69, 9.17) is 4.52 Å². The summed E-state index contributed by atoms with van der Waals surface area (Å²) in [6.07, 6.45) is 0. The molecule has 142 valence electrons. The maximum atomic E-state index is 12.1. The van der Waals surface area contributed by atoms with Gasteiger partial charge < -0.3 is 19.7 Å². The van der Waals surface area contributed by atoms with Gasteiger partial charge in [-0.3, -0.25) is 4.79 Å². The number of nitrogens with zero attached hydrogens (tertiary/aromatic N) is 4. The first-order chi connectivity index (χ1) is 13.0. The van der Waals surface area contributed by atoms with Gasteiger partial charge in [0.1, 0.15) is 5.76 Å². The average molecular weight is 386 g/mol. The molecular weight excluding hydrogens is 364 g/mol. The molecule has 2 aromatic heterocycles. The van der Waals surface area contributed by atoms with Crippen molar-refractivity contribution in [3.63, 3.8) is 0 Å². The van der Waals surface area contributed by atoms with E-state index in [0.29, 0.717) is 23.3 Å². The molecule has 0 aliphatic heterocycles. The second-order valence-electron chi connectivity index (χ2n) is 6.02. The first-order valence-electron chi connectivity index (χ1n) is 8.63. The monoisotopic (exact) mass is 386 g/mol. The molecule has 9 heteroatoms. The zero-order valence-electron chi connectivity index (χ0n) is 15.5. The van der Waals surface area contributed by atoms with Crippen LogP contribution in [-0.4, -0.2) is 31.6 Å². The molecule has 0 spiro atoms. The van der Waals surface area contributed by atoms with Crippen LogP contribution in [0.15, 0.2) is 40.0 Å². The van der Waals surface area contributed by atoms with E-state index in [0.717, 1.165) is 18.1 Å². The molecule has 2 heterocycles. The van der Waals surface area contributed by atoms with Gasteiger partial charge in [-0.25, -0.2) is 0 Å². The van der Waals surface area contributed by atoms with E-state index in [1.54, 1.807) is 13.0 Å². The van der Waals surface area contributed by atoms with Crippen molar-refractivity contribution in [2.75, 3.05) is 16.4 Å². The number of nitrogens with one attached hydrogen (secondary N) is 2. The molecule has 1 aromatic carbocycles. The van der Waals surface area contributed by atoms with Crippen molar-refractivity contribution in [2.24, 2.45) is 0 Å². The van der Waals surface area contributed by atoms with Crippen molar-refractivity contribution in [3.05, 3.63) is 47.5 Å². The normalized spacial score (nSPS) is 10.8. The summed E-state index contributed by atoms with van der Waals surface area (Å²) in [6, 6.07) is 9.86. The standard InChI is InChI=1S/C18H22N6O2S/c1-4-24-16(10-19-14-7-5-12(2)6-8-14)21-22-18(24)27-11-17(25)20-15-9-13(3)26-23-15/h5-9,19H,4,10-11H2,1-3H3,(H,20,23,25). The Hall–Kier alpha value is -2.81. The molecule has 0 aliphatic rings. The van der Waals surface area contributed by atoms with Gasteiger partial charge in [-0.05, 0) is 32.9 Å². The molecule has 3 rings (SSSR count). The second kappa shape index (κ2) is 8.72. The van der Waals surface area contributed by atoms with E-state index in [1.807, 2.05) is 23.6 Å². The lowest BCUT2D eigenvalue weighted by Crippen LogP contribution is -2.15. The fourth-order valence-corrected chi connectivity index (χ4v) is 3.28. The van der Waals surface area contributed by atoms with Crippen LogP contribution in [0.2, 0.25) is 0 Å². The van der Waals surface area contributed by atoms with E-state index >= 15 is 0 Å². The maximum Gasteiger partial charge on any atom is 0.236 e. The number of anilines is 2. The maximum absolute atomic E-state index is 12.1. The third-order valence-corrected chi connectivity index (χ3v) is 4.81. The number of rotatable bonds is 8. The number of carbonyl (C=O) groups is 1. The summed E-state index contributed by atoms with van der Waals surface area (Å²) < 4.78 is 6.93. The van der Waals surface area contributed by atoms with E-state index < -0.39 is 0 Å². The molecule has 0 radical (unpaired) electrons. The van der Waals surface area contributed by atoms with Crippen molar-refractivity contribution in [1.82, 2.24) is 19.9 Å². The van der Waals surface area contributed by atoms with Crippen LogP contribution < -0.4 is 10.6 Å². The highest BCUT2D eigenvalue weighted by Gasteiger charge is 2.14. The number of carbonyl (C=O) groups excluding carboxylic acids is 1.